The number of hydrogen-bond acceptors (Lipinski definition) is 15. The molecule has 0 saturated heterocycles. The molecule has 0 fully saturated rings. The number of hydrogen-bond donors (Lipinski definition) is 4. The van der Waals surface area contributed by atoms with Crippen LogP contribution in [-0.4, -0.2) is 49.8 Å². The predicted molar refractivity (Wildman–Crippen MR) is 206 cm³/mol. The van der Waals surface area contributed by atoms with E-state index in [0.29, 0.717) is 34.0 Å². The van der Waals surface area contributed by atoms with Crippen LogP contribution in [0.4, 0.5) is 52.0 Å². The number of hydrazone groups is 1. The fourth-order valence-electron chi connectivity index (χ4n) is 5.91. The first kappa shape index (κ1) is 35.6. The molecule has 0 radical (unpaired) electrons. The van der Waals surface area contributed by atoms with E-state index in [0.717, 1.165) is 17.4 Å². The van der Waals surface area contributed by atoms with Crippen LogP contribution in [0, 0.1) is 20.2 Å². The van der Waals surface area contributed by atoms with Gasteiger partial charge in [0.15, 0.2) is 0 Å². The number of aromatic nitrogens is 3. The van der Waals surface area contributed by atoms with Crippen molar-refractivity contribution in [2.75, 3.05) is 35.2 Å². The fourth-order valence-corrected chi connectivity index (χ4v) is 5.91. The normalized spacial score (nSPS) is 13.5. The highest BCUT2D eigenvalue weighted by atomic mass is 16.6. The fraction of sp³-hybridized carbons (Fsp3) is 0.105. The maximum absolute atomic E-state index is 12.1. The van der Waals surface area contributed by atoms with Crippen molar-refractivity contribution in [1.29, 1.82) is 0 Å². The summed E-state index contributed by atoms with van der Waals surface area (Å²) in [5.41, 5.74) is 2.99. The Morgan fingerprint density at radius 1 is 0.691 bits per heavy atom. The van der Waals surface area contributed by atoms with Gasteiger partial charge in [-0.15, -0.1) is 0 Å². The number of aromatic hydroxyl groups is 1. The molecule has 0 spiro atoms. The van der Waals surface area contributed by atoms with E-state index in [2.05, 4.69) is 30.9 Å². The summed E-state index contributed by atoms with van der Waals surface area (Å²) >= 11 is 0. The monoisotopic (exact) mass is 740 g/mol. The molecule has 4 N–H and O–H groups in total. The molecule has 1 aliphatic heterocycles. The van der Waals surface area contributed by atoms with E-state index >= 15 is 0 Å². The highest BCUT2D eigenvalue weighted by Crippen LogP contribution is 2.44. The summed E-state index contributed by atoms with van der Waals surface area (Å²) in [6.45, 7) is 0. The summed E-state index contributed by atoms with van der Waals surface area (Å²) in [6, 6.07) is 31.2. The van der Waals surface area contributed by atoms with Crippen molar-refractivity contribution in [3.05, 3.63) is 147 Å². The van der Waals surface area contributed by atoms with Crippen molar-refractivity contribution in [3.63, 3.8) is 0 Å². The first-order valence-electron chi connectivity index (χ1n) is 16.7. The third kappa shape index (κ3) is 8.00. The average molecular weight is 741 g/mol. The number of para-hydroxylation sites is 1. The van der Waals surface area contributed by atoms with E-state index in [-0.39, 0.29) is 35.7 Å². The highest BCUT2D eigenvalue weighted by molar-refractivity contribution is 6.04. The Morgan fingerprint density at radius 2 is 1.20 bits per heavy atom. The average Bonchev–Trinajstić information content (AvgIpc) is 3.63. The molecular formula is C38H32N10O7. The van der Waals surface area contributed by atoms with Gasteiger partial charge < -0.3 is 30.5 Å². The molecule has 0 aliphatic carbocycles. The Morgan fingerprint density at radius 3 is 1.67 bits per heavy atom. The first-order chi connectivity index (χ1) is 26.7. The Hall–Kier alpha value is -7.82. The Labute approximate surface area is 313 Å². The van der Waals surface area contributed by atoms with Crippen LogP contribution in [0.25, 0.3) is 0 Å². The molecule has 17 nitrogen and oxygen atoms in total. The van der Waals surface area contributed by atoms with Gasteiger partial charge in [0.1, 0.15) is 22.9 Å². The summed E-state index contributed by atoms with van der Waals surface area (Å²) in [4.78, 5) is 35.9. The van der Waals surface area contributed by atoms with Gasteiger partial charge in [0.05, 0.1) is 41.9 Å². The van der Waals surface area contributed by atoms with Gasteiger partial charge in [-0.05, 0) is 78.4 Å². The van der Waals surface area contributed by atoms with Crippen LogP contribution in [0.15, 0.2) is 120 Å². The Kier molecular flexibility index (Phi) is 9.98. The number of phenols is 1. The number of ether oxygens (including phenoxy) is 2. The van der Waals surface area contributed by atoms with E-state index < -0.39 is 27.3 Å². The third-order valence-corrected chi connectivity index (χ3v) is 8.62. The van der Waals surface area contributed by atoms with Gasteiger partial charge in [-0.25, -0.2) is 0 Å². The smallest absolute Gasteiger partial charge is 0.301 e. The molecular weight excluding hydrogens is 708 g/mol. The van der Waals surface area contributed by atoms with Crippen LogP contribution < -0.4 is 30.4 Å². The minimum Gasteiger partial charge on any atom is -0.508 e. The van der Waals surface area contributed by atoms with E-state index in [1.165, 1.54) is 23.2 Å². The second kappa shape index (κ2) is 15.4. The van der Waals surface area contributed by atoms with Crippen LogP contribution in [0.2, 0.25) is 0 Å². The lowest BCUT2D eigenvalue weighted by molar-refractivity contribution is -0.393. The van der Waals surface area contributed by atoms with Gasteiger partial charge in [-0.3, -0.25) is 25.2 Å². The Balaban J connectivity index is 1.18. The minimum atomic E-state index is -0.695. The summed E-state index contributed by atoms with van der Waals surface area (Å²) in [5.74, 6) is 2.16. The zero-order valence-corrected chi connectivity index (χ0v) is 29.3. The predicted octanol–water partition coefficient (Wildman–Crippen LogP) is 8.00. The zero-order chi connectivity index (χ0) is 38.5. The van der Waals surface area contributed by atoms with Crippen molar-refractivity contribution in [3.8, 4) is 17.2 Å². The summed E-state index contributed by atoms with van der Waals surface area (Å²) in [5, 5.41) is 50.1. The largest absolute Gasteiger partial charge is 0.508 e. The van der Waals surface area contributed by atoms with Crippen LogP contribution in [0.1, 0.15) is 23.6 Å². The first-order valence-corrected chi connectivity index (χ1v) is 16.7. The SMILES string of the molecule is COc1ccc(Nc2nc(Nc3ccc(OC)cc3)nc(Nc3ccc(C4=NN(c5ccc([N+](=O)[O-])cc5[N+](=O)[O-])C(c5ccccc5O)C4)cc3)n2)cc1. The highest BCUT2D eigenvalue weighted by Gasteiger charge is 2.36. The number of nitrogens with one attached hydrogen (secondary N) is 3. The quantitative estimate of drug-likeness (QED) is 0.0652. The van der Waals surface area contributed by atoms with Gasteiger partial charge in [0, 0.05) is 35.1 Å². The van der Waals surface area contributed by atoms with E-state index in [1.807, 2.05) is 60.7 Å². The van der Waals surface area contributed by atoms with Crippen molar-refractivity contribution in [2.24, 2.45) is 5.10 Å². The molecule has 55 heavy (non-hydrogen) atoms. The maximum atomic E-state index is 12.1. The van der Waals surface area contributed by atoms with E-state index in [4.69, 9.17) is 14.6 Å². The summed E-state index contributed by atoms with van der Waals surface area (Å²) in [6.07, 6.45) is 0.271. The number of rotatable bonds is 13. The standard InChI is InChI=1S/C38H32N10O7/c1-54-28-16-11-25(12-17-28)40-37-42-36(43-38(44-37)41-26-13-18-29(55-2)19-14-26)39-24-9-7-23(8-10-24)31-22-33(30-5-3-4-6-35(30)49)46(45-31)32-20-15-27(47(50)51)21-34(32)48(52)53/h3-21,33,49H,22H2,1-2H3,(H3,39,40,41,42,43,44). The lowest BCUT2D eigenvalue weighted by Crippen LogP contribution is -2.19. The number of anilines is 7. The number of nitro benzene ring substituents is 2. The molecule has 276 valence electrons. The lowest BCUT2D eigenvalue weighted by Gasteiger charge is -2.24. The van der Waals surface area contributed by atoms with Crippen LogP contribution in [0.5, 0.6) is 17.2 Å². The maximum Gasteiger partial charge on any atom is 0.301 e. The molecule has 1 aromatic heterocycles. The van der Waals surface area contributed by atoms with Crippen LogP contribution >= 0.6 is 0 Å². The molecule has 1 unspecified atom stereocenters. The topological polar surface area (TPSA) is 215 Å². The number of methoxy groups -OCH3 is 2. The van der Waals surface area contributed by atoms with Crippen molar-refractivity contribution in [1.82, 2.24) is 15.0 Å². The molecule has 5 aromatic carbocycles. The molecule has 7 rings (SSSR count). The summed E-state index contributed by atoms with van der Waals surface area (Å²) < 4.78 is 10.5. The molecule has 6 aromatic rings. The number of nitro groups is 2. The molecule has 1 aliphatic rings. The van der Waals surface area contributed by atoms with E-state index in [9.17, 15) is 25.3 Å². The molecule has 1 atom stereocenters. The van der Waals surface area contributed by atoms with Gasteiger partial charge in [0.25, 0.3) is 5.69 Å². The Bertz CT molecular complexity index is 2320. The van der Waals surface area contributed by atoms with Crippen molar-refractivity contribution >= 4 is 57.7 Å². The third-order valence-electron chi connectivity index (χ3n) is 8.62. The molecule has 0 bridgehead atoms. The number of nitrogens with zero attached hydrogens (tertiary/aromatic N) is 7. The van der Waals surface area contributed by atoms with Crippen molar-refractivity contribution < 1.29 is 24.4 Å². The number of non-ortho nitro benzene ring substituents is 1. The van der Waals surface area contributed by atoms with Crippen molar-refractivity contribution in [2.45, 2.75) is 12.5 Å². The minimum absolute atomic E-state index is 0.0166. The number of phenolic OH excluding ortho intramolecular Hbond substituents is 1. The van der Waals surface area contributed by atoms with E-state index in [1.54, 1.807) is 44.6 Å². The van der Waals surface area contributed by atoms with Gasteiger partial charge in [-0.2, -0.15) is 20.1 Å². The molecule has 17 heteroatoms. The lowest BCUT2D eigenvalue weighted by atomic mass is 9.97. The van der Waals surface area contributed by atoms with Gasteiger partial charge >= 0.3 is 5.69 Å². The summed E-state index contributed by atoms with van der Waals surface area (Å²) in [7, 11) is 3.18. The molecule has 2 heterocycles. The molecule has 0 saturated carbocycles. The van der Waals surface area contributed by atoms with Crippen LogP contribution in [0.3, 0.4) is 0 Å². The number of benzene rings is 5. The second-order valence-electron chi connectivity index (χ2n) is 12.1. The zero-order valence-electron chi connectivity index (χ0n) is 29.3. The van der Waals surface area contributed by atoms with Gasteiger partial charge in [0.2, 0.25) is 17.8 Å². The second-order valence-corrected chi connectivity index (χ2v) is 12.1. The van der Waals surface area contributed by atoms with Gasteiger partial charge in [-0.1, -0.05) is 30.3 Å². The van der Waals surface area contributed by atoms with Crippen LogP contribution in [-0.2, 0) is 0 Å². The molecule has 0 amide bonds.